The molecule has 2 aromatic carbocycles. The Balaban J connectivity index is 2.31. The lowest BCUT2D eigenvalue weighted by molar-refractivity contribution is -0.394. The Morgan fingerprint density at radius 3 is 1.96 bits per heavy atom. The van der Waals surface area contributed by atoms with E-state index in [4.69, 9.17) is 4.74 Å². The van der Waals surface area contributed by atoms with Gasteiger partial charge in [-0.05, 0) is 18.4 Å². The number of esters is 1. The maximum atomic E-state index is 12.5. The largest absolute Gasteiger partial charge is 0.458 e. The molecule has 0 aromatic heterocycles. The van der Waals surface area contributed by atoms with Gasteiger partial charge in [-0.15, -0.1) is 0 Å². The predicted octanol–water partition coefficient (Wildman–Crippen LogP) is 4.63. The van der Waals surface area contributed by atoms with Crippen molar-refractivity contribution in [2.45, 2.75) is 38.7 Å². The SMILES string of the molecule is CC[C@@H](OC(=O)c1cc([N+](=O)[O-])cc([N+](=O)[O-])c1)[C@@H](CC)c1ccccc1. The first-order chi connectivity index (χ1) is 12.9. The normalized spacial score (nSPS) is 12.8. The Kier molecular flexibility index (Phi) is 6.59. The molecule has 0 saturated heterocycles. The number of carbonyl (C=O) groups excluding carboxylic acids is 1. The smallest absolute Gasteiger partial charge is 0.338 e. The number of non-ortho nitro benzene ring substituents is 2. The van der Waals surface area contributed by atoms with E-state index < -0.39 is 33.3 Å². The first-order valence-corrected chi connectivity index (χ1v) is 8.57. The van der Waals surface area contributed by atoms with E-state index in [-0.39, 0.29) is 11.5 Å². The van der Waals surface area contributed by atoms with Crippen LogP contribution in [0.5, 0.6) is 0 Å². The predicted molar refractivity (Wildman–Crippen MR) is 98.7 cm³/mol. The van der Waals surface area contributed by atoms with Crippen LogP contribution in [0.15, 0.2) is 48.5 Å². The molecule has 0 aliphatic rings. The average molecular weight is 372 g/mol. The number of nitro groups is 2. The van der Waals surface area contributed by atoms with Crippen LogP contribution in [-0.4, -0.2) is 21.9 Å². The van der Waals surface area contributed by atoms with Crippen molar-refractivity contribution >= 4 is 17.3 Å². The molecule has 8 nitrogen and oxygen atoms in total. The lowest BCUT2D eigenvalue weighted by atomic mass is 9.89. The maximum absolute atomic E-state index is 12.5. The van der Waals surface area contributed by atoms with Gasteiger partial charge in [-0.3, -0.25) is 20.2 Å². The van der Waals surface area contributed by atoms with E-state index in [2.05, 4.69) is 0 Å². The summed E-state index contributed by atoms with van der Waals surface area (Å²) in [5, 5.41) is 22.0. The molecule has 0 bridgehead atoms. The van der Waals surface area contributed by atoms with Crippen LogP contribution in [-0.2, 0) is 4.74 Å². The van der Waals surface area contributed by atoms with Crippen molar-refractivity contribution in [1.29, 1.82) is 0 Å². The molecule has 0 aliphatic heterocycles. The van der Waals surface area contributed by atoms with Crippen molar-refractivity contribution in [2.24, 2.45) is 0 Å². The van der Waals surface area contributed by atoms with Crippen LogP contribution in [0, 0.1) is 20.2 Å². The van der Waals surface area contributed by atoms with Crippen LogP contribution in [0.3, 0.4) is 0 Å². The van der Waals surface area contributed by atoms with E-state index in [1.54, 1.807) is 0 Å². The third-order valence-electron chi connectivity index (χ3n) is 4.34. The molecular weight excluding hydrogens is 352 g/mol. The minimum absolute atomic E-state index is 0.0474. The second-order valence-corrected chi connectivity index (χ2v) is 6.03. The highest BCUT2D eigenvalue weighted by Gasteiger charge is 2.27. The zero-order chi connectivity index (χ0) is 20.0. The maximum Gasteiger partial charge on any atom is 0.338 e. The Bertz CT molecular complexity index is 805. The number of ether oxygens (including phenoxy) is 1. The summed E-state index contributed by atoms with van der Waals surface area (Å²) in [6, 6.07) is 12.4. The Hall–Kier alpha value is -3.29. The topological polar surface area (TPSA) is 113 Å². The summed E-state index contributed by atoms with van der Waals surface area (Å²) in [5.41, 5.74) is -0.250. The molecule has 2 rings (SSSR count). The number of rotatable bonds is 8. The van der Waals surface area contributed by atoms with Crippen LogP contribution < -0.4 is 0 Å². The molecule has 0 spiro atoms. The van der Waals surface area contributed by atoms with Crippen LogP contribution in [0.2, 0.25) is 0 Å². The lowest BCUT2D eigenvalue weighted by Crippen LogP contribution is -2.25. The highest BCUT2D eigenvalue weighted by Crippen LogP contribution is 2.29. The monoisotopic (exact) mass is 372 g/mol. The van der Waals surface area contributed by atoms with Gasteiger partial charge in [0.25, 0.3) is 11.4 Å². The average Bonchev–Trinajstić information content (AvgIpc) is 2.67. The number of nitro benzene ring substituents is 2. The summed E-state index contributed by atoms with van der Waals surface area (Å²) in [5.74, 6) is -0.864. The van der Waals surface area contributed by atoms with E-state index in [1.165, 1.54) is 0 Å². The van der Waals surface area contributed by atoms with Crippen molar-refractivity contribution in [3.8, 4) is 0 Å². The van der Waals surface area contributed by atoms with Crippen LogP contribution in [0.1, 0.15) is 48.5 Å². The highest BCUT2D eigenvalue weighted by molar-refractivity contribution is 5.91. The van der Waals surface area contributed by atoms with E-state index in [0.717, 1.165) is 30.2 Å². The number of hydrogen-bond donors (Lipinski definition) is 0. The van der Waals surface area contributed by atoms with Gasteiger partial charge in [0.2, 0.25) is 0 Å². The third kappa shape index (κ3) is 4.87. The van der Waals surface area contributed by atoms with Gasteiger partial charge >= 0.3 is 5.97 Å². The molecule has 0 radical (unpaired) electrons. The molecule has 2 atom stereocenters. The minimum Gasteiger partial charge on any atom is -0.458 e. The van der Waals surface area contributed by atoms with E-state index in [9.17, 15) is 25.0 Å². The molecule has 142 valence electrons. The zero-order valence-electron chi connectivity index (χ0n) is 15.0. The standard InChI is InChI=1S/C19H20N2O6/c1-3-17(13-8-6-5-7-9-13)18(4-2)27-19(22)14-10-15(20(23)24)12-16(11-14)21(25)26/h5-12,17-18H,3-4H2,1-2H3/t17-,18+/m0/s1. The summed E-state index contributed by atoms with van der Waals surface area (Å²) in [6.45, 7) is 3.85. The molecule has 2 aromatic rings. The van der Waals surface area contributed by atoms with Gasteiger partial charge < -0.3 is 4.74 Å². The first-order valence-electron chi connectivity index (χ1n) is 8.57. The molecular formula is C19H20N2O6. The molecule has 8 heteroatoms. The quantitative estimate of drug-likeness (QED) is 0.379. The molecule has 27 heavy (non-hydrogen) atoms. The highest BCUT2D eigenvalue weighted by atomic mass is 16.6. The second-order valence-electron chi connectivity index (χ2n) is 6.03. The van der Waals surface area contributed by atoms with E-state index in [1.807, 2.05) is 44.2 Å². The summed E-state index contributed by atoms with van der Waals surface area (Å²) in [4.78, 5) is 33.0. The van der Waals surface area contributed by atoms with Gasteiger partial charge in [-0.1, -0.05) is 44.2 Å². The molecule has 0 N–H and O–H groups in total. The van der Waals surface area contributed by atoms with Crippen molar-refractivity contribution in [1.82, 2.24) is 0 Å². The van der Waals surface area contributed by atoms with Gasteiger partial charge in [-0.2, -0.15) is 0 Å². The van der Waals surface area contributed by atoms with Crippen molar-refractivity contribution in [3.63, 3.8) is 0 Å². The summed E-state index contributed by atoms with van der Waals surface area (Å²) in [6.07, 6.45) is 0.810. The van der Waals surface area contributed by atoms with Gasteiger partial charge in [-0.25, -0.2) is 4.79 Å². The lowest BCUT2D eigenvalue weighted by Gasteiger charge is -2.25. The van der Waals surface area contributed by atoms with E-state index in [0.29, 0.717) is 6.42 Å². The third-order valence-corrected chi connectivity index (χ3v) is 4.34. The van der Waals surface area contributed by atoms with Gasteiger partial charge in [0.1, 0.15) is 6.10 Å². The number of nitrogens with zero attached hydrogens (tertiary/aromatic N) is 2. The number of benzene rings is 2. The molecule has 0 heterocycles. The summed E-state index contributed by atoms with van der Waals surface area (Å²) in [7, 11) is 0. The summed E-state index contributed by atoms with van der Waals surface area (Å²) < 4.78 is 5.58. The first kappa shape index (κ1) is 20.0. The van der Waals surface area contributed by atoms with Crippen LogP contribution >= 0.6 is 0 Å². The van der Waals surface area contributed by atoms with Crippen LogP contribution in [0.4, 0.5) is 11.4 Å². The molecule has 0 amide bonds. The van der Waals surface area contributed by atoms with Crippen molar-refractivity contribution in [3.05, 3.63) is 79.9 Å². The van der Waals surface area contributed by atoms with E-state index >= 15 is 0 Å². The van der Waals surface area contributed by atoms with Gasteiger partial charge in [0.05, 0.1) is 21.5 Å². The summed E-state index contributed by atoms with van der Waals surface area (Å²) >= 11 is 0. The molecule has 0 fully saturated rings. The fourth-order valence-electron chi connectivity index (χ4n) is 2.99. The Labute approximate surface area is 156 Å². The van der Waals surface area contributed by atoms with Gasteiger partial charge in [0, 0.05) is 18.1 Å². The van der Waals surface area contributed by atoms with Crippen LogP contribution in [0.25, 0.3) is 0 Å². The second kappa shape index (κ2) is 8.88. The molecule has 0 aliphatic carbocycles. The van der Waals surface area contributed by atoms with Gasteiger partial charge in [0.15, 0.2) is 0 Å². The van der Waals surface area contributed by atoms with Crippen molar-refractivity contribution in [2.75, 3.05) is 0 Å². The Morgan fingerprint density at radius 2 is 1.52 bits per heavy atom. The number of hydrogen-bond acceptors (Lipinski definition) is 6. The number of carbonyl (C=O) groups is 1. The molecule has 0 unspecified atom stereocenters. The fraction of sp³-hybridized carbons (Fsp3) is 0.316. The fourth-order valence-corrected chi connectivity index (χ4v) is 2.99. The van der Waals surface area contributed by atoms with Crippen molar-refractivity contribution < 1.29 is 19.4 Å². The Morgan fingerprint density at radius 1 is 0.963 bits per heavy atom. The minimum atomic E-state index is -0.817. The molecule has 0 saturated carbocycles. The zero-order valence-corrected chi connectivity index (χ0v) is 15.0.